The molecule has 0 aliphatic heterocycles. The fourth-order valence-electron chi connectivity index (χ4n) is 2.73. The van der Waals surface area contributed by atoms with Gasteiger partial charge in [0.25, 0.3) is 0 Å². The van der Waals surface area contributed by atoms with Gasteiger partial charge in [0.05, 0.1) is 4.90 Å². The van der Waals surface area contributed by atoms with Crippen molar-refractivity contribution < 1.29 is 8.42 Å². The topological polar surface area (TPSA) is 72.2 Å². The molecule has 5 heteroatoms. The molecule has 0 amide bonds. The third-order valence-electron chi connectivity index (χ3n) is 4.08. The minimum Gasteiger partial charge on any atom is -0.399 e. The van der Waals surface area contributed by atoms with Gasteiger partial charge in [-0.25, -0.2) is 13.1 Å². The second kappa shape index (κ2) is 5.51. The van der Waals surface area contributed by atoms with Gasteiger partial charge in [0.15, 0.2) is 0 Å². The first-order valence-corrected chi connectivity index (χ1v) is 8.24. The highest BCUT2D eigenvalue weighted by Gasteiger charge is 2.25. The second-order valence-corrected chi connectivity index (χ2v) is 7.28. The lowest BCUT2D eigenvalue weighted by Crippen LogP contribution is -2.30. The summed E-state index contributed by atoms with van der Waals surface area (Å²) in [6, 6.07) is 4.98. The summed E-state index contributed by atoms with van der Waals surface area (Å²) < 4.78 is 27.3. The Labute approximate surface area is 115 Å². The fourth-order valence-corrected chi connectivity index (χ4v) is 4.10. The number of hydrogen-bond acceptors (Lipinski definition) is 3. The summed E-state index contributed by atoms with van der Waals surface area (Å²) in [5, 5.41) is 0. The van der Waals surface area contributed by atoms with Crippen LogP contribution in [0.1, 0.15) is 31.7 Å². The van der Waals surface area contributed by atoms with Gasteiger partial charge in [-0.05, 0) is 42.9 Å². The third-order valence-corrected chi connectivity index (χ3v) is 5.64. The average molecular weight is 282 g/mol. The van der Waals surface area contributed by atoms with Crippen LogP contribution in [0.15, 0.2) is 23.1 Å². The molecule has 2 rings (SSSR count). The van der Waals surface area contributed by atoms with Gasteiger partial charge in [-0.3, -0.25) is 0 Å². The summed E-state index contributed by atoms with van der Waals surface area (Å²) in [5.41, 5.74) is 6.87. The van der Waals surface area contributed by atoms with Crippen LogP contribution in [0.4, 0.5) is 5.69 Å². The normalized spacial score (nSPS) is 23.7. The SMILES string of the molecule is Cc1ccc(N)cc1S(=O)(=O)NCC1CCCC1C. The van der Waals surface area contributed by atoms with E-state index in [9.17, 15) is 8.42 Å². The molecule has 1 aromatic carbocycles. The van der Waals surface area contributed by atoms with Gasteiger partial charge in [-0.15, -0.1) is 0 Å². The van der Waals surface area contributed by atoms with Gasteiger partial charge in [0, 0.05) is 12.2 Å². The van der Waals surface area contributed by atoms with Crippen molar-refractivity contribution >= 4 is 15.7 Å². The van der Waals surface area contributed by atoms with Crippen LogP contribution in [-0.2, 0) is 10.0 Å². The van der Waals surface area contributed by atoms with Gasteiger partial charge in [0.2, 0.25) is 10.0 Å². The molecule has 19 heavy (non-hydrogen) atoms. The van der Waals surface area contributed by atoms with E-state index in [-0.39, 0.29) is 4.90 Å². The first-order valence-electron chi connectivity index (χ1n) is 6.76. The summed E-state index contributed by atoms with van der Waals surface area (Å²) in [7, 11) is -3.45. The molecule has 0 radical (unpaired) electrons. The lowest BCUT2D eigenvalue weighted by Gasteiger charge is -2.17. The van der Waals surface area contributed by atoms with E-state index in [0.29, 0.717) is 24.1 Å². The molecule has 1 saturated carbocycles. The molecule has 2 atom stereocenters. The standard InChI is InChI=1S/C14H22N2O2S/c1-10-4-3-5-12(10)9-16-19(17,18)14-8-13(15)7-6-11(14)2/h6-8,10,12,16H,3-5,9,15H2,1-2H3. The van der Waals surface area contributed by atoms with E-state index in [2.05, 4.69) is 11.6 Å². The van der Waals surface area contributed by atoms with Crippen LogP contribution >= 0.6 is 0 Å². The van der Waals surface area contributed by atoms with Gasteiger partial charge in [-0.2, -0.15) is 0 Å². The van der Waals surface area contributed by atoms with E-state index in [1.165, 1.54) is 18.9 Å². The van der Waals surface area contributed by atoms with Crippen molar-refractivity contribution in [1.82, 2.24) is 4.72 Å². The zero-order valence-corrected chi connectivity index (χ0v) is 12.3. The molecular weight excluding hydrogens is 260 g/mol. The predicted molar refractivity (Wildman–Crippen MR) is 77.3 cm³/mol. The molecule has 0 saturated heterocycles. The van der Waals surface area contributed by atoms with Crippen molar-refractivity contribution in [2.45, 2.75) is 38.0 Å². The van der Waals surface area contributed by atoms with Crippen molar-refractivity contribution in [2.24, 2.45) is 11.8 Å². The number of anilines is 1. The molecule has 0 heterocycles. The number of nitrogens with one attached hydrogen (secondary N) is 1. The van der Waals surface area contributed by atoms with Crippen LogP contribution in [0.3, 0.4) is 0 Å². The van der Waals surface area contributed by atoms with Crippen LogP contribution in [0.25, 0.3) is 0 Å². The highest BCUT2D eigenvalue weighted by Crippen LogP contribution is 2.30. The maximum absolute atomic E-state index is 12.3. The lowest BCUT2D eigenvalue weighted by molar-refractivity contribution is 0.414. The number of sulfonamides is 1. The fraction of sp³-hybridized carbons (Fsp3) is 0.571. The zero-order chi connectivity index (χ0) is 14.0. The van der Waals surface area contributed by atoms with E-state index in [1.54, 1.807) is 19.1 Å². The third kappa shape index (κ3) is 3.28. The molecule has 1 aromatic rings. The van der Waals surface area contributed by atoms with E-state index in [0.717, 1.165) is 12.0 Å². The smallest absolute Gasteiger partial charge is 0.240 e. The summed E-state index contributed by atoms with van der Waals surface area (Å²) in [6.07, 6.45) is 3.51. The van der Waals surface area contributed by atoms with Gasteiger partial charge < -0.3 is 5.73 Å². The van der Waals surface area contributed by atoms with Gasteiger partial charge in [-0.1, -0.05) is 25.8 Å². The molecule has 0 spiro atoms. The zero-order valence-electron chi connectivity index (χ0n) is 11.5. The minimum absolute atomic E-state index is 0.290. The molecule has 3 N–H and O–H groups in total. The molecule has 4 nitrogen and oxygen atoms in total. The molecule has 0 aromatic heterocycles. The maximum Gasteiger partial charge on any atom is 0.240 e. The predicted octanol–water partition coefficient (Wildman–Crippen LogP) is 2.29. The van der Waals surface area contributed by atoms with Crippen molar-refractivity contribution in [3.8, 4) is 0 Å². The van der Waals surface area contributed by atoms with Crippen LogP contribution < -0.4 is 10.5 Å². The Morgan fingerprint density at radius 1 is 1.37 bits per heavy atom. The van der Waals surface area contributed by atoms with E-state index < -0.39 is 10.0 Å². The Balaban J connectivity index is 2.12. The maximum atomic E-state index is 12.3. The Morgan fingerprint density at radius 2 is 2.11 bits per heavy atom. The quantitative estimate of drug-likeness (QED) is 0.832. The summed E-state index contributed by atoms with van der Waals surface area (Å²) >= 11 is 0. The minimum atomic E-state index is -3.45. The molecule has 2 unspecified atom stereocenters. The number of nitrogen functional groups attached to an aromatic ring is 1. The molecule has 106 valence electrons. The number of aryl methyl sites for hydroxylation is 1. The molecular formula is C14H22N2O2S. The Hall–Kier alpha value is -1.07. The second-order valence-electron chi connectivity index (χ2n) is 5.55. The first kappa shape index (κ1) is 14.3. The largest absolute Gasteiger partial charge is 0.399 e. The lowest BCUT2D eigenvalue weighted by atomic mass is 9.99. The Kier molecular flexibility index (Phi) is 4.16. The molecule has 0 bridgehead atoms. The van der Waals surface area contributed by atoms with E-state index in [1.807, 2.05) is 0 Å². The molecule has 1 aliphatic carbocycles. The van der Waals surface area contributed by atoms with Crippen molar-refractivity contribution in [3.63, 3.8) is 0 Å². The summed E-state index contributed by atoms with van der Waals surface area (Å²) in [6.45, 7) is 4.50. The van der Waals surface area contributed by atoms with Crippen LogP contribution in [0, 0.1) is 18.8 Å². The monoisotopic (exact) mass is 282 g/mol. The number of hydrogen-bond donors (Lipinski definition) is 2. The van der Waals surface area contributed by atoms with Crippen molar-refractivity contribution in [3.05, 3.63) is 23.8 Å². The first-order chi connectivity index (χ1) is 8.90. The highest BCUT2D eigenvalue weighted by atomic mass is 32.2. The van der Waals surface area contributed by atoms with E-state index >= 15 is 0 Å². The van der Waals surface area contributed by atoms with Gasteiger partial charge >= 0.3 is 0 Å². The van der Waals surface area contributed by atoms with E-state index in [4.69, 9.17) is 5.73 Å². The number of benzene rings is 1. The summed E-state index contributed by atoms with van der Waals surface area (Å²) in [4.78, 5) is 0.290. The van der Waals surface area contributed by atoms with Crippen molar-refractivity contribution in [2.75, 3.05) is 12.3 Å². The average Bonchev–Trinajstić information content (AvgIpc) is 2.75. The van der Waals surface area contributed by atoms with Crippen molar-refractivity contribution in [1.29, 1.82) is 0 Å². The van der Waals surface area contributed by atoms with Crippen LogP contribution in [0.5, 0.6) is 0 Å². The number of rotatable bonds is 4. The van der Waals surface area contributed by atoms with Gasteiger partial charge in [0.1, 0.15) is 0 Å². The Bertz CT molecular complexity index is 555. The number of nitrogens with two attached hydrogens (primary N) is 1. The Morgan fingerprint density at radius 3 is 2.74 bits per heavy atom. The summed E-state index contributed by atoms with van der Waals surface area (Å²) in [5.74, 6) is 1.06. The highest BCUT2D eigenvalue weighted by molar-refractivity contribution is 7.89. The van der Waals surface area contributed by atoms with Crippen LogP contribution in [-0.4, -0.2) is 15.0 Å². The molecule has 1 aliphatic rings. The van der Waals surface area contributed by atoms with Crippen LogP contribution in [0.2, 0.25) is 0 Å². The molecule has 1 fully saturated rings.